The lowest BCUT2D eigenvalue weighted by Gasteiger charge is -2.19. The van der Waals surface area contributed by atoms with Gasteiger partial charge in [0.25, 0.3) is 0 Å². The Kier molecular flexibility index (Phi) is 8.23. The van der Waals surface area contributed by atoms with E-state index in [1.807, 2.05) is 6.20 Å². The van der Waals surface area contributed by atoms with Crippen LogP contribution in [-0.2, 0) is 0 Å². The summed E-state index contributed by atoms with van der Waals surface area (Å²) in [5.41, 5.74) is 1.25. The molecule has 0 amide bonds. The van der Waals surface area contributed by atoms with Gasteiger partial charge in [-0.05, 0) is 37.4 Å². The van der Waals surface area contributed by atoms with Gasteiger partial charge < -0.3 is 10.1 Å². The van der Waals surface area contributed by atoms with Crippen molar-refractivity contribution in [3.8, 4) is 5.75 Å². The summed E-state index contributed by atoms with van der Waals surface area (Å²) in [4.78, 5) is 4.31. The molecule has 0 saturated heterocycles. The molecule has 0 aliphatic carbocycles. The lowest BCUT2D eigenvalue weighted by molar-refractivity contribution is 0.315. The average molecular weight is 264 g/mol. The maximum absolute atomic E-state index is 5.66. The number of hydrogen-bond acceptors (Lipinski definition) is 3. The molecule has 0 aliphatic heterocycles. The fourth-order valence-corrected chi connectivity index (χ4v) is 2.04. The Morgan fingerprint density at radius 2 is 2.00 bits per heavy atom. The summed E-state index contributed by atoms with van der Waals surface area (Å²) >= 11 is 0. The monoisotopic (exact) mass is 264 g/mol. The first kappa shape index (κ1) is 16.0. The lowest BCUT2D eigenvalue weighted by Crippen LogP contribution is -2.22. The summed E-state index contributed by atoms with van der Waals surface area (Å²) in [6.07, 6.45) is 9.57. The molecule has 1 rings (SSSR count). The van der Waals surface area contributed by atoms with Crippen LogP contribution in [0.5, 0.6) is 5.75 Å². The molecule has 1 aromatic rings. The van der Waals surface area contributed by atoms with E-state index in [4.69, 9.17) is 4.74 Å². The summed E-state index contributed by atoms with van der Waals surface area (Å²) in [6, 6.07) is 2.53. The molecule has 19 heavy (non-hydrogen) atoms. The Morgan fingerprint density at radius 3 is 2.68 bits per heavy atom. The van der Waals surface area contributed by atoms with Crippen molar-refractivity contribution in [2.75, 3.05) is 13.2 Å². The van der Waals surface area contributed by atoms with Gasteiger partial charge >= 0.3 is 0 Å². The standard InChI is InChI=1S/C16H28N2O/c1-4-7-8-16(18-9-5-2)14-11-15(13-17-12-14)19-10-6-3/h11-13,16,18H,4-10H2,1-3H3. The molecule has 0 radical (unpaired) electrons. The highest BCUT2D eigenvalue weighted by Crippen LogP contribution is 2.22. The molecule has 1 heterocycles. The van der Waals surface area contributed by atoms with Crippen molar-refractivity contribution in [2.24, 2.45) is 0 Å². The Labute approximate surface area is 117 Å². The van der Waals surface area contributed by atoms with Crippen LogP contribution in [0.25, 0.3) is 0 Å². The second-order valence-corrected chi connectivity index (χ2v) is 4.95. The van der Waals surface area contributed by atoms with E-state index >= 15 is 0 Å². The number of aromatic nitrogens is 1. The third-order valence-electron chi connectivity index (χ3n) is 3.10. The zero-order valence-electron chi connectivity index (χ0n) is 12.6. The van der Waals surface area contributed by atoms with Crippen LogP contribution in [0.4, 0.5) is 0 Å². The SMILES string of the molecule is CCCCC(NCCC)c1cncc(OCCC)c1. The molecule has 3 heteroatoms. The smallest absolute Gasteiger partial charge is 0.137 e. The van der Waals surface area contributed by atoms with Gasteiger partial charge in [0, 0.05) is 12.2 Å². The van der Waals surface area contributed by atoms with Gasteiger partial charge in [-0.3, -0.25) is 4.98 Å². The molecular formula is C16H28N2O. The Balaban J connectivity index is 2.69. The van der Waals surface area contributed by atoms with Gasteiger partial charge in [-0.15, -0.1) is 0 Å². The van der Waals surface area contributed by atoms with Crippen LogP contribution in [0.3, 0.4) is 0 Å². The Hall–Kier alpha value is -1.09. The van der Waals surface area contributed by atoms with Crippen molar-refractivity contribution in [2.45, 2.75) is 58.9 Å². The minimum absolute atomic E-state index is 0.401. The van der Waals surface area contributed by atoms with Crippen LogP contribution < -0.4 is 10.1 Å². The minimum atomic E-state index is 0.401. The molecule has 1 atom stereocenters. The first-order valence-electron chi connectivity index (χ1n) is 7.62. The first-order valence-corrected chi connectivity index (χ1v) is 7.62. The number of pyridine rings is 1. The fraction of sp³-hybridized carbons (Fsp3) is 0.688. The molecular weight excluding hydrogens is 236 g/mol. The van der Waals surface area contributed by atoms with E-state index < -0.39 is 0 Å². The van der Waals surface area contributed by atoms with Crippen LogP contribution in [0.2, 0.25) is 0 Å². The van der Waals surface area contributed by atoms with Crippen LogP contribution in [0.15, 0.2) is 18.5 Å². The molecule has 0 spiro atoms. The van der Waals surface area contributed by atoms with E-state index in [1.165, 1.54) is 18.4 Å². The largest absolute Gasteiger partial charge is 0.492 e. The second-order valence-electron chi connectivity index (χ2n) is 4.95. The molecule has 3 nitrogen and oxygen atoms in total. The lowest BCUT2D eigenvalue weighted by atomic mass is 10.0. The van der Waals surface area contributed by atoms with Crippen LogP contribution in [-0.4, -0.2) is 18.1 Å². The van der Waals surface area contributed by atoms with Crippen molar-refractivity contribution in [3.05, 3.63) is 24.0 Å². The molecule has 0 bridgehead atoms. The Bertz CT molecular complexity index is 333. The molecule has 0 aromatic carbocycles. The molecule has 1 aromatic heterocycles. The predicted molar refractivity (Wildman–Crippen MR) is 80.6 cm³/mol. The molecule has 0 fully saturated rings. The maximum Gasteiger partial charge on any atom is 0.137 e. The molecule has 1 unspecified atom stereocenters. The summed E-state index contributed by atoms with van der Waals surface area (Å²) in [5.74, 6) is 0.888. The zero-order chi connectivity index (χ0) is 13.9. The van der Waals surface area contributed by atoms with E-state index in [2.05, 4.69) is 37.1 Å². The number of nitrogens with zero attached hydrogens (tertiary/aromatic N) is 1. The third kappa shape index (κ3) is 6.06. The first-order chi connectivity index (χ1) is 9.31. The maximum atomic E-state index is 5.66. The van der Waals surface area contributed by atoms with Gasteiger partial charge in [0.1, 0.15) is 5.75 Å². The van der Waals surface area contributed by atoms with Crippen molar-refractivity contribution in [1.29, 1.82) is 0 Å². The van der Waals surface area contributed by atoms with Crippen LogP contribution in [0.1, 0.15) is 64.5 Å². The van der Waals surface area contributed by atoms with Crippen molar-refractivity contribution in [3.63, 3.8) is 0 Å². The van der Waals surface area contributed by atoms with Gasteiger partial charge in [0.15, 0.2) is 0 Å². The van der Waals surface area contributed by atoms with E-state index in [0.29, 0.717) is 6.04 Å². The summed E-state index contributed by atoms with van der Waals surface area (Å²) in [7, 11) is 0. The number of unbranched alkanes of at least 4 members (excludes halogenated alkanes) is 1. The number of ether oxygens (including phenoxy) is 1. The highest BCUT2D eigenvalue weighted by atomic mass is 16.5. The molecule has 0 saturated carbocycles. The summed E-state index contributed by atoms with van der Waals surface area (Å²) in [6.45, 7) is 8.35. The van der Waals surface area contributed by atoms with Crippen LogP contribution >= 0.6 is 0 Å². The van der Waals surface area contributed by atoms with Crippen molar-refractivity contribution >= 4 is 0 Å². The van der Waals surface area contributed by atoms with E-state index in [0.717, 1.165) is 38.2 Å². The Morgan fingerprint density at radius 1 is 1.16 bits per heavy atom. The van der Waals surface area contributed by atoms with Gasteiger partial charge in [0.2, 0.25) is 0 Å². The summed E-state index contributed by atoms with van der Waals surface area (Å²) in [5, 5.41) is 3.61. The normalized spacial score (nSPS) is 12.4. The van der Waals surface area contributed by atoms with E-state index in [9.17, 15) is 0 Å². The zero-order valence-corrected chi connectivity index (χ0v) is 12.6. The van der Waals surface area contributed by atoms with Gasteiger partial charge in [-0.2, -0.15) is 0 Å². The van der Waals surface area contributed by atoms with Gasteiger partial charge in [-0.1, -0.05) is 33.6 Å². The summed E-state index contributed by atoms with van der Waals surface area (Å²) < 4.78 is 5.66. The highest BCUT2D eigenvalue weighted by Gasteiger charge is 2.11. The number of hydrogen-bond donors (Lipinski definition) is 1. The second kappa shape index (κ2) is 9.79. The molecule has 108 valence electrons. The van der Waals surface area contributed by atoms with E-state index in [1.54, 1.807) is 6.20 Å². The average Bonchev–Trinajstić information content (AvgIpc) is 2.45. The van der Waals surface area contributed by atoms with Crippen molar-refractivity contribution < 1.29 is 4.74 Å². The van der Waals surface area contributed by atoms with Crippen molar-refractivity contribution in [1.82, 2.24) is 10.3 Å². The quantitative estimate of drug-likeness (QED) is 0.691. The van der Waals surface area contributed by atoms with E-state index in [-0.39, 0.29) is 0 Å². The molecule has 1 N–H and O–H groups in total. The number of nitrogens with one attached hydrogen (secondary N) is 1. The highest BCUT2D eigenvalue weighted by molar-refractivity contribution is 5.26. The topological polar surface area (TPSA) is 34.2 Å². The third-order valence-corrected chi connectivity index (χ3v) is 3.10. The van der Waals surface area contributed by atoms with Gasteiger partial charge in [0.05, 0.1) is 12.8 Å². The van der Waals surface area contributed by atoms with Crippen LogP contribution in [0, 0.1) is 0 Å². The fourth-order valence-electron chi connectivity index (χ4n) is 2.04. The number of rotatable bonds is 10. The predicted octanol–water partition coefficient (Wildman–Crippen LogP) is 4.10. The van der Waals surface area contributed by atoms with Gasteiger partial charge in [-0.25, -0.2) is 0 Å². The molecule has 0 aliphatic rings. The minimum Gasteiger partial charge on any atom is -0.492 e.